The smallest absolute Gasteiger partial charge is 0.326 e. The molecule has 0 amide bonds. The normalized spacial score (nSPS) is 20.6. The highest BCUT2D eigenvalue weighted by Crippen LogP contribution is 2.27. The van der Waals surface area contributed by atoms with E-state index in [-0.39, 0.29) is 24.7 Å². The number of methoxy groups -OCH3 is 1. The standard InChI is InChI=1S/C12H14BrNO5S/c1-18-12(15)10-8-19-7-6-14(10)20(16,17)11-5-3-2-4-9(11)13/h2-5,10H,6-8H2,1H3. The van der Waals surface area contributed by atoms with Gasteiger partial charge in [-0.3, -0.25) is 4.79 Å². The summed E-state index contributed by atoms with van der Waals surface area (Å²) in [7, 11) is -2.57. The van der Waals surface area contributed by atoms with E-state index in [1.54, 1.807) is 18.2 Å². The Kier molecular flexibility index (Phi) is 4.79. The summed E-state index contributed by atoms with van der Waals surface area (Å²) in [6, 6.07) is 5.53. The molecule has 0 radical (unpaired) electrons. The van der Waals surface area contributed by atoms with Gasteiger partial charge in [-0.25, -0.2) is 8.42 Å². The number of sulfonamides is 1. The second kappa shape index (κ2) is 6.21. The second-order valence-electron chi connectivity index (χ2n) is 4.16. The fraction of sp³-hybridized carbons (Fsp3) is 0.417. The van der Waals surface area contributed by atoms with Crippen molar-refractivity contribution in [2.45, 2.75) is 10.9 Å². The van der Waals surface area contributed by atoms with E-state index in [4.69, 9.17) is 4.74 Å². The number of rotatable bonds is 3. The largest absolute Gasteiger partial charge is 0.468 e. The predicted molar refractivity (Wildman–Crippen MR) is 74.7 cm³/mol. The SMILES string of the molecule is COC(=O)C1COCCN1S(=O)(=O)c1ccccc1Br. The Morgan fingerprint density at radius 3 is 2.80 bits per heavy atom. The molecule has 6 nitrogen and oxygen atoms in total. The summed E-state index contributed by atoms with van der Waals surface area (Å²) < 4.78 is 36.7. The lowest BCUT2D eigenvalue weighted by Crippen LogP contribution is -2.52. The number of hydrogen-bond donors (Lipinski definition) is 0. The Morgan fingerprint density at radius 1 is 1.45 bits per heavy atom. The Bertz CT molecular complexity index is 604. The van der Waals surface area contributed by atoms with E-state index in [1.807, 2.05) is 0 Å². The highest BCUT2D eigenvalue weighted by atomic mass is 79.9. The predicted octanol–water partition coefficient (Wildman–Crippen LogP) is 1.01. The van der Waals surface area contributed by atoms with Gasteiger partial charge in [0.05, 0.1) is 25.2 Å². The van der Waals surface area contributed by atoms with E-state index in [0.29, 0.717) is 4.47 Å². The van der Waals surface area contributed by atoms with Crippen molar-refractivity contribution in [2.75, 3.05) is 26.9 Å². The molecule has 0 aliphatic carbocycles. The van der Waals surface area contributed by atoms with Gasteiger partial charge < -0.3 is 9.47 Å². The third-order valence-corrected chi connectivity index (χ3v) is 5.90. The average Bonchev–Trinajstić information content (AvgIpc) is 2.46. The van der Waals surface area contributed by atoms with E-state index in [0.717, 1.165) is 4.31 Å². The summed E-state index contributed by atoms with van der Waals surface area (Å²) in [4.78, 5) is 11.8. The molecule has 0 N–H and O–H groups in total. The lowest BCUT2D eigenvalue weighted by Gasteiger charge is -2.32. The molecule has 1 atom stereocenters. The van der Waals surface area contributed by atoms with E-state index in [2.05, 4.69) is 20.7 Å². The van der Waals surface area contributed by atoms with E-state index in [9.17, 15) is 13.2 Å². The fourth-order valence-corrected chi connectivity index (χ4v) is 4.49. The van der Waals surface area contributed by atoms with Gasteiger partial charge in [-0.15, -0.1) is 0 Å². The molecule has 0 saturated carbocycles. The van der Waals surface area contributed by atoms with Gasteiger partial charge in [-0.2, -0.15) is 4.31 Å². The first-order valence-electron chi connectivity index (χ1n) is 5.90. The Morgan fingerprint density at radius 2 is 2.15 bits per heavy atom. The quantitative estimate of drug-likeness (QED) is 0.749. The van der Waals surface area contributed by atoms with Crippen molar-refractivity contribution in [2.24, 2.45) is 0 Å². The summed E-state index contributed by atoms with van der Waals surface area (Å²) in [5.74, 6) is -0.625. The zero-order valence-electron chi connectivity index (χ0n) is 10.8. The Labute approximate surface area is 125 Å². The highest BCUT2D eigenvalue weighted by Gasteiger charge is 2.39. The molecule has 1 aromatic carbocycles. The summed E-state index contributed by atoms with van der Waals surface area (Å²) in [5.41, 5.74) is 0. The van der Waals surface area contributed by atoms with Crippen LogP contribution >= 0.6 is 15.9 Å². The van der Waals surface area contributed by atoms with Gasteiger partial charge >= 0.3 is 5.97 Å². The molecule has 0 bridgehead atoms. The van der Waals surface area contributed by atoms with Crippen LogP contribution in [0.15, 0.2) is 33.6 Å². The van der Waals surface area contributed by atoms with Gasteiger partial charge in [-0.1, -0.05) is 12.1 Å². The van der Waals surface area contributed by atoms with Crippen LogP contribution in [0.1, 0.15) is 0 Å². The maximum atomic E-state index is 12.7. The second-order valence-corrected chi connectivity index (χ2v) is 6.87. The molecule has 0 aromatic heterocycles. The molecule has 1 unspecified atom stereocenters. The van der Waals surface area contributed by atoms with Crippen molar-refractivity contribution in [1.82, 2.24) is 4.31 Å². The molecule has 110 valence electrons. The molecule has 1 aliphatic heterocycles. The maximum Gasteiger partial charge on any atom is 0.326 e. The Balaban J connectivity index is 2.41. The molecule has 1 aromatic rings. The van der Waals surface area contributed by atoms with Gasteiger partial charge in [0, 0.05) is 11.0 Å². The molecule has 1 saturated heterocycles. The number of esters is 1. The molecule has 20 heavy (non-hydrogen) atoms. The average molecular weight is 364 g/mol. The molecular formula is C12H14BrNO5S. The minimum absolute atomic E-state index is 0.00362. The van der Waals surface area contributed by atoms with Crippen molar-refractivity contribution in [3.05, 3.63) is 28.7 Å². The van der Waals surface area contributed by atoms with Crippen LogP contribution in [-0.4, -0.2) is 51.6 Å². The molecule has 8 heteroatoms. The van der Waals surface area contributed by atoms with Crippen LogP contribution in [0.5, 0.6) is 0 Å². The molecule has 0 spiro atoms. The number of hydrogen-bond acceptors (Lipinski definition) is 5. The number of halogens is 1. The van der Waals surface area contributed by atoms with E-state index >= 15 is 0 Å². The third kappa shape index (κ3) is 2.88. The number of carbonyl (C=O) groups is 1. The monoisotopic (exact) mass is 363 g/mol. The lowest BCUT2D eigenvalue weighted by atomic mass is 10.3. The maximum absolute atomic E-state index is 12.7. The van der Waals surface area contributed by atoms with Crippen LogP contribution in [0.3, 0.4) is 0 Å². The van der Waals surface area contributed by atoms with Crippen LogP contribution in [0.2, 0.25) is 0 Å². The van der Waals surface area contributed by atoms with Crippen molar-refractivity contribution < 1.29 is 22.7 Å². The van der Waals surface area contributed by atoms with Crippen LogP contribution in [0.25, 0.3) is 0 Å². The number of carbonyl (C=O) groups excluding carboxylic acids is 1. The summed E-state index contributed by atoms with van der Waals surface area (Å²) in [5, 5.41) is 0. The van der Waals surface area contributed by atoms with Gasteiger partial charge in [0.25, 0.3) is 0 Å². The van der Waals surface area contributed by atoms with Crippen LogP contribution in [-0.2, 0) is 24.3 Å². The Hall–Kier alpha value is -0.960. The van der Waals surface area contributed by atoms with Crippen molar-refractivity contribution in [3.63, 3.8) is 0 Å². The van der Waals surface area contributed by atoms with Gasteiger partial charge in [0.15, 0.2) is 0 Å². The highest BCUT2D eigenvalue weighted by molar-refractivity contribution is 9.10. The third-order valence-electron chi connectivity index (χ3n) is 2.98. The lowest BCUT2D eigenvalue weighted by molar-refractivity contribution is -0.149. The topological polar surface area (TPSA) is 72.9 Å². The summed E-state index contributed by atoms with van der Waals surface area (Å²) >= 11 is 3.22. The molecule has 1 fully saturated rings. The number of ether oxygens (including phenoxy) is 2. The minimum Gasteiger partial charge on any atom is -0.468 e. The first-order chi connectivity index (χ1) is 9.48. The van der Waals surface area contributed by atoms with Gasteiger partial charge in [-0.05, 0) is 28.1 Å². The fourth-order valence-electron chi connectivity index (χ4n) is 1.98. The van der Waals surface area contributed by atoms with E-state index < -0.39 is 22.0 Å². The van der Waals surface area contributed by atoms with Crippen molar-refractivity contribution >= 4 is 31.9 Å². The van der Waals surface area contributed by atoms with Crippen LogP contribution < -0.4 is 0 Å². The van der Waals surface area contributed by atoms with E-state index in [1.165, 1.54) is 13.2 Å². The van der Waals surface area contributed by atoms with Gasteiger partial charge in [0.1, 0.15) is 6.04 Å². The zero-order valence-corrected chi connectivity index (χ0v) is 13.2. The first kappa shape index (κ1) is 15.4. The summed E-state index contributed by atoms with van der Waals surface area (Å²) in [6.45, 7) is 0.358. The molecule has 1 aliphatic rings. The zero-order chi connectivity index (χ0) is 14.8. The van der Waals surface area contributed by atoms with Crippen molar-refractivity contribution in [1.29, 1.82) is 0 Å². The van der Waals surface area contributed by atoms with Crippen molar-refractivity contribution in [3.8, 4) is 0 Å². The number of morpholine rings is 1. The molecule has 2 rings (SSSR count). The van der Waals surface area contributed by atoms with Crippen LogP contribution in [0.4, 0.5) is 0 Å². The summed E-state index contributed by atoms with van der Waals surface area (Å²) in [6.07, 6.45) is 0. The van der Waals surface area contributed by atoms with Gasteiger partial charge in [0.2, 0.25) is 10.0 Å². The molecular weight excluding hydrogens is 350 g/mol. The number of benzene rings is 1. The van der Waals surface area contributed by atoms with Crippen LogP contribution in [0, 0.1) is 0 Å². The molecule has 1 heterocycles. The number of nitrogens with zero attached hydrogens (tertiary/aromatic N) is 1. The minimum atomic E-state index is -3.79. The first-order valence-corrected chi connectivity index (χ1v) is 8.13.